The van der Waals surface area contributed by atoms with Gasteiger partial charge < -0.3 is 14.6 Å². The first-order chi connectivity index (χ1) is 9.47. The van der Waals surface area contributed by atoms with Crippen LogP contribution in [0.3, 0.4) is 0 Å². The first kappa shape index (κ1) is 10.1. The lowest BCUT2D eigenvalue weighted by Crippen LogP contribution is -2.27. The number of hydrogen-bond donors (Lipinski definition) is 1. The van der Waals surface area contributed by atoms with E-state index in [9.17, 15) is 9.90 Å². The Morgan fingerprint density at radius 1 is 1.21 bits per heavy atom. The summed E-state index contributed by atoms with van der Waals surface area (Å²) >= 11 is 0. The Balaban J connectivity index is 2.13. The van der Waals surface area contributed by atoms with Crippen molar-refractivity contribution in [3.63, 3.8) is 0 Å². The predicted octanol–water partition coefficient (Wildman–Crippen LogP) is 2.80. The summed E-state index contributed by atoms with van der Waals surface area (Å²) in [5, 5.41) is 9.83. The second-order valence-corrected chi connectivity index (χ2v) is 6.25. The second kappa shape index (κ2) is 3.24. The first-order valence-electron chi connectivity index (χ1n) is 7.23. The number of ether oxygens (including phenoxy) is 2. The summed E-state index contributed by atoms with van der Waals surface area (Å²) in [5.41, 5.74) is -1.24. The van der Waals surface area contributed by atoms with Gasteiger partial charge in [0.2, 0.25) is 6.75 Å². The van der Waals surface area contributed by atoms with Crippen molar-refractivity contribution in [3.8, 4) is 11.5 Å². The number of benzene rings is 1. The predicted molar refractivity (Wildman–Crippen MR) is 69.4 cm³/mol. The lowest BCUT2D eigenvalue weighted by molar-refractivity contribution is -0.141. The van der Waals surface area contributed by atoms with Gasteiger partial charge in [0.25, 0.3) is 0 Å². The summed E-state index contributed by atoms with van der Waals surface area (Å²) < 4.78 is 25.0. The van der Waals surface area contributed by atoms with Crippen LogP contribution in [-0.4, -0.2) is 17.8 Å². The zero-order chi connectivity index (χ0) is 15.8. The van der Waals surface area contributed by atoms with Crippen LogP contribution in [-0.2, 0) is 10.2 Å². The van der Waals surface area contributed by atoms with E-state index in [4.69, 9.17) is 12.2 Å². The van der Waals surface area contributed by atoms with Gasteiger partial charge in [-0.15, -0.1) is 0 Å². The molecule has 0 radical (unpaired) electrons. The molecule has 1 fully saturated rings. The molecule has 0 atom stereocenters. The maximum absolute atomic E-state index is 12.0. The molecule has 0 unspecified atom stereocenters. The first-order valence-corrected chi connectivity index (χ1v) is 6.23. The van der Waals surface area contributed by atoms with Crippen molar-refractivity contribution < 1.29 is 22.1 Å². The summed E-state index contributed by atoms with van der Waals surface area (Å²) in [4.78, 5) is 12.0. The molecule has 0 bridgehead atoms. The van der Waals surface area contributed by atoms with Gasteiger partial charge in [-0.05, 0) is 28.5 Å². The van der Waals surface area contributed by atoms with E-state index in [0.717, 1.165) is 0 Å². The fourth-order valence-corrected chi connectivity index (χ4v) is 3.71. The van der Waals surface area contributed by atoms with Crippen molar-refractivity contribution in [2.45, 2.75) is 33.1 Å². The second-order valence-electron chi connectivity index (χ2n) is 6.25. The molecule has 2 aliphatic rings. The number of carboxylic acid groups (broad SMARTS) is 1. The third-order valence-electron chi connectivity index (χ3n) is 5.38. The Kier molecular flexibility index (Phi) is 1.73. The lowest BCUT2D eigenvalue weighted by Gasteiger charge is -2.17. The number of aliphatic carboxylic acids is 1. The average Bonchev–Trinajstić information content (AvgIpc) is 2.57. The normalized spacial score (nSPS) is 28.2. The van der Waals surface area contributed by atoms with Crippen LogP contribution in [0.4, 0.5) is 0 Å². The maximum Gasteiger partial charge on any atom is 0.315 e. The highest BCUT2D eigenvalue weighted by atomic mass is 16.7. The highest BCUT2D eigenvalue weighted by Crippen LogP contribution is 2.78. The fraction of sp³-hybridized carbons (Fsp3) is 0.533. The minimum absolute atomic E-state index is 0.247. The van der Waals surface area contributed by atoms with E-state index in [-0.39, 0.29) is 5.75 Å². The largest absolute Gasteiger partial charge is 0.481 e. The highest BCUT2D eigenvalue weighted by Gasteiger charge is 2.82. The molecule has 1 aromatic carbocycles. The van der Waals surface area contributed by atoms with Crippen LogP contribution in [0.25, 0.3) is 0 Å². The van der Waals surface area contributed by atoms with Crippen LogP contribution < -0.4 is 9.47 Å². The van der Waals surface area contributed by atoms with Crippen LogP contribution in [0.5, 0.6) is 11.5 Å². The van der Waals surface area contributed by atoms with Gasteiger partial charge in [0.15, 0.2) is 11.5 Å². The Labute approximate surface area is 115 Å². The van der Waals surface area contributed by atoms with Crippen molar-refractivity contribution in [1.29, 1.82) is 0 Å². The van der Waals surface area contributed by atoms with E-state index >= 15 is 0 Å². The molecule has 1 aliphatic carbocycles. The SMILES string of the molecule is [2H]C1([2H])Oc2ccc(C3(C(=O)O)C(C)(C)C3(C)C)cc2O1. The smallest absolute Gasteiger partial charge is 0.315 e. The van der Waals surface area contributed by atoms with Crippen molar-refractivity contribution in [2.24, 2.45) is 10.8 Å². The molecule has 1 saturated carbocycles. The molecule has 1 heterocycles. The van der Waals surface area contributed by atoms with E-state index in [1.807, 2.05) is 27.7 Å². The number of carboxylic acids is 1. The monoisotopic (exact) mass is 264 g/mol. The quantitative estimate of drug-likeness (QED) is 0.892. The maximum atomic E-state index is 12.0. The molecule has 102 valence electrons. The van der Waals surface area contributed by atoms with Gasteiger partial charge in [-0.2, -0.15) is 0 Å². The van der Waals surface area contributed by atoms with Crippen LogP contribution in [0, 0.1) is 10.8 Å². The van der Waals surface area contributed by atoms with E-state index < -0.39 is 29.0 Å². The zero-order valence-electron chi connectivity index (χ0n) is 13.4. The standard InChI is InChI=1S/C15H18O4/c1-13(2)14(3,4)15(13,12(16)17)9-5-6-10-11(7-9)19-8-18-10/h5-7H,8H2,1-4H3,(H,16,17)/i8D2. The Morgan fingerprint density at radius 3 is 2.32 bits per heavy atom. The van der Waals surface area contributed by atoms with Gasteiger partial charge in [-0.25, -0.2) is 0 Å². The minimum atomic E-state index is -2.20. The molecule has 1 aromatic rings. The number of hydrogen-bond acceptors (Lipinski definition) is 3. The Hall–Kier alpha value is -1.71. The van der Waals surface area contributed by atoms with Gasteiger partial charge in [-0.3, -0.25) is 4.79 Å². The number of rotatable bonds is 2. The molecule has 0 aromatic heterocycles. The van der Waals surface area contributed by atoms with Crippen LogP contribution >= 0.6 is 0 Å². The third-order valence-corrected chi connectivity index (χ3v) is 5.38. The fourth-order valence-electron chi connectivity index (χ4n) is 3.71. The van der Waals surface area contributed by atoms with Crippen molar-refractivity contribution in [1.82, 2.24) is 0 Å². The minimum Gasteiger partial charge on any atom is -0.481 e. The average molecular weight is 264 g/mol. The van der Waals surface area contributed by atoms with Gasteiger partial charge >= 0.3 is 5.97 Å². The molecule has 1 N–H and O–H groups in total. The van der Waals surface area contributed by atoms with Crippen molar-refractivity contribution >= 4 is 5.97 Å². The van der Waals surface area contributed by atoms with Crippen molar-refractivity contribution in [3.05, 3.63) is 23.8 Å². The number of carbonyl (C=O) groups is 1. The number of fused-ring (bicyclic) bond motifs is 1. The van der Waals surface area contributed by atoms with Gasteiger partial charge in [0, 0.05) is 0 Å². The molecule has 0 saturated heterocycles. The summed E-state index contributed by atoms with van der Waals surface area (Å²) in [6.07, 6.45) is 0. The van der Waals surface area contributed by atoms with Gasteiger partial charge in [0.05, 0.1) is 0 Å². The highest BCUT2D eigenvalue weighted by molar-refractivity contribution is 5.90. The van der Waals surface area contributed by atoms with E-state index in [1.165, 1.54) is 0 Å². The Bertz CT molecular complexity index is 635. The molecule has 4 heteroatoms. The molecule has 0 spiro atoms. The van der Waals surface area contributed by atoms with Crippen LogP contribution in [0.15, 0.2) is 18.2 Å². The topological polar surface area (TPSA) is 55.8 Å². The van der Waals surface area contributed by atoms with Crippen molar-refractivity contribution in [2.75, 3.05) is 6.75 Å². The van der Waals surface area contributed by atoms with E-state index in [2.05, 4.69) is 0 Å². The summed E-state index contributed by atoms with van der Waals surface area (Å²) in [5.74, 6) is -0.337. The molecule has 3 rings (SSSR count). The summed E-state index contributed by atoms with van der Waals surface area (Å²) in [6, 6.07) is 4.85. The molecule has 1 aliphatic heterocycles. The molecular formula is C15H18O4. The third kappa shape index (κ3) is 1.13. The molecule has 4 nitrogen and oxygen atoms in total. The molecule has 0 amide bonds. The van der Waals surface area contributed by atoms with Crippen LogP contribution in [0.1, 0.15) is 36.0 Å². The summed E-state index contributed by atoms with van der Waals surface area (Å²) in [7, 11) is 0. The lowest BCUT2D eigenvalue weighted by atomic mass is 9.86. The Morgan fingerprint density at radius 2 is 1.79 bits per heavy atom. The zero-order valence-corrected chi connectivity index (χ0v) is 11.4. The summed E-state index contributed by atoms with van der Waals surface area (Å²) in [6.45, 7) is 5.54. The van der Waals surface area contributed by atoms with E-state index in [1.54, 1.807) is 18.2 Å². The molecule has 19 heavy (non-hydrogen) atoms. The van der Waals surface area contributed by atoms with E-state index in [0.29, 0.717) is 11.3 Å². The molecular weight excluding hydrogens is 244 g/mol. The van der Waals surface area contributed by atoms with Gasteiger partial charge in [-0.1, -0.05) is 33.8 Å². The van der Waals surface area contributed by atoms with Gasteiger partial charge in [0.1, 0.15) is 8.16 Å². The van der Waals surface area contributed by atoms with Crippen LogP contribution in [0.2, 0.25) is 0 Å².